The van der Waals surface area contributed by atoms with E-state index < -0.39 is 16.0 Å². The van der Waals surface area contributed by atoms with Crippen molar-refractivity contribution in [1.82, 2.24) is 0 Å². The molecule has 0 radical (unpaired) electrons. The molecule has 120 valence electrons. The van der Waals surface area contributed by atoms with Crippen molar-refractivity contribution in [3.8, 4) is 0 Å². The van der Waals surface area contributed by atoms with Gasteiger partial charge in [-0.15, -0.1) is 11.3 Å². The van der Waals surface area contributed by atoms with Crippen molar-refractivity contribution in [1.29, 1.82) is 0 Å². The van der Waals surface area contributed by atoms with Crippen molar-refractivity contribution in [2.24, 2.45) is 0 Å². The number of ether oxygens (including phenoxy) is 2. The summed E-state index contributed by atoms with van der Waals surface area (Å²) < 4.78 is 36.3. The van der Waals surface area contributed by atoms with Crippen LogP contribution in [0.4, 0.5) is 5.00 Å². The maximum Gasteiger partial charge on any atom is 0.341 e. The summed E-state index contributed by atoms with van der Waals surface area (Å²) in [6.07, 6.45) is 0.393. The van der Waals surface area contributed by atoms with E-state index in [1.807, 2.05) is 6.92 Å². The van der Waals surface area contributed by atoms with E-state index in [4.69, 9.17) is 9.47 Å². The highest BCUT2D eigenvalue weighted by atomic mass is 32.2. The van der Waals surface area contributed by atoms with Crippen molar-refractivity contribution >= 4 is 32.3 Å². The minimum absolute atomic E-state index is 0.0564. The van der Waals surface area contributed by atoms with Crippen LogP contribution in [-0.4, -0.2) is 40.5 Å². The van der Waals surface area contributed by atoms with Crippen LogP contribution in [0.2, 0.25) is 0 Å². The van der Waals surface area contributed by atoms with Crippen LogP contribution in [0, 0.1) is 13.8 Å². The summed E-state index contributed by atoms with van der Waals surface area (Å²) in [6.45, 7) is 5.94. The van der Waals surface area contributed by atoms with E-state index in [1.54, 1.807) is 13.8 Å². The number of methoxy groups -OCH3 is 1. The molecule has 1 aromatic heterocycles. The van der Waals surface area contributed by atoms with E-state index in [1.165, 1.54) is 18.4 Å². The maximum absolute atomic E-state index is 12.0. The van der Waals surface area contributed by atoms with Gasteiger partial charge >= 0.3 is 5.97 Å². The first kappa shape index (κ1) is 17.9. The van der Waals surface area contributed by atoms with Crippen molar-refractivity contribution in [2.45, 2.75) is 27.2 Å². The second-order valence-corrected chi connectivity index (χ2v) is 7.54. The zero-order valence-corrected chi connectivity index (χ0v) is 14.3. The largest absolute Gasteiger partial charge is 0.462 e. The summed E-state index contributed by atoms with van der Waals surface area (Å²) in [7, 11) is -1.99. The summed E-state index contributed by atoms with van der Waals surface area (Å²) in [4.78, 5) is 12.9. The van der Waals surface area contributed by atoms with E-state index in [-0.39, 0.29) is 12.4 Å². The molecule has 1 aromatic rings. The third-order valence-electron chi connectivity index (χ3n) is 2.87. The predicted molar refractivity (Wildman–Crippen MR) is 83.7 cm³/mol. The number of aryl methyl sites for hydroxylation is 1. The highest BCUT2D eigenvalue weighted by molar-refractivity contribution is 7.92. The monoisotopic (exact) mass is 335 g/mol. The number of hydrogen-bond acceptors (Lipinski definition) is 6. The minimum Gasteiger partial charge on any atom is -0.462 e. The number of hydrogen-bond donors (Lipinski definition) is 1. The lowest BCUT2D eigenvalue weighted by molar-refractivity contribution is 0.0527. The minimum atomic E-state index is -3.51. The lowest BCUT2D eigenvalue weighted by atomic mass is 10.2. The molecule has 0 unspecified atom stereocenters. The topological polar surface area (TPSA) is 81.7 Å². The van der Waals surface area contributed by atoms with Crippen LogP contribution in [0.25, 0.3) is 0 Å². The normalized spacial score (nSPS) is 11.4. The van der Waals surface area contributed by atoms with Crippen molar-refractivity contribution < 1.29 is 22.7 Å². The lowest BCUT2D eigenvalue weighted by Crippen LogP contribution is -2.19. The van der Waals surface area contributed by atoms with Crippen molar-refractivity contribution in [3.05, 3.63) is 16.0 Å². The molecule has 1 rings (SSSR count). The SMILES string of the molecule is CCOC(=O)c1c(NS(=O)(=O)CCCOC)sc(C)c1C. The lowest BCUT2D eigenvalue weighted by Gasteiger charge is -2.08. The predicted octanol–water partition coefficient (Wildman–Crippen LogP) is 2.32. The standard InChI is InChI=1S/C13H21NO5S2/c1-5-19-13(15)11-9(2)10(3)20-12(11)14-21(16,17)8-6-7-18-4/h14H,5-8H2,1-4H3. The number of sulfonamides is 1. The highest BCUT2D eigenvalue weighted by Gasteiger charge is 2.23. The Morgan fingerprint density at radius 2 is 2.00 bits per heavy atom. The molecule has 0 aliphatic rings. The first-order chi connectivity index (χ1) is 9.82. The Morgan fingerprint density at radius 1 is 1.33 bits per heavy atom. The molecule has 0 fully saturated rings. The number of rotatable bonds is 8. The fourth-order valence-electron chi connectivity index (χ4n) is 1.73. The molecule has 0 saturated heterocycles. The first-order valence-corrected chi connectivity index (χ1v) is 9.05. The molecule has 0 aliphatic carbocycles. The van der Waals surface area contributed by atoms with Crippen LogP contribution in [0.1, 0.15) is 34.1 Å². The smallest absolute Gasteiger partial charge is 0.341 e. The van der Waals surface area contributed by atoms with Gasteiger partial charge in [0.1, 0.15) is 5.00 Å². The molecule has 1 heterocycles. The van der Waals surface area contributed by atoms with Gasteiger partial charge in [0.2, 0.25) is 10.0 Å². The quantitative estimate of drug-likeness (QED) is 0.582. The van der Waals surface area contributed by atoms with Gasteiger partial charge in [0.25, 0.3) is 0 Å². The number of nitrogens with one attached hydrogen (secondary N) is 1. The van der Waals surface area contributed by atoms with Gasteiger partial charge in [-0.05, 0) is 32.8 Å². The molecule has 0 spiro atoms. The van der Waals surface area contributed by atoms with E-state index >= 15 is 0 Å². The summed E-state index contributed by atoms with van der Waals surface area (Å²) in [5, 5.41) is 0.320. The summed E-state index contributed by atoms with van der Waals surface area (Å²) in [5.41, 5.74) is 1.04. The molecule has 21 heavy (non-hydrogen) atoms. The number of carbonyl (C=O) groups is 1. The first-order valence-electron chi connectivity index (χ1n) is 6.59. The van der Waals surface area contributed by atoms with E-state index in [9.17, 15) is 13.2 Å². The van der Waals surface area contributed by atoms with Crippen LogP contribution in [0.15, 0.2) is 0 Å². The van der Waals surface area contributed by atoms with Crippen molar-refractivity contribution in [3.63, 3.8) is 0 Å². The third kappa shape index (κ3) is 4.98. The molecule has 6 nitrogen and oxygen atoms in total. The van der Waals surface area contributed by atoms with Crippen LogP contribution < -0.4 is 4.72 Å². The van der Waals surface area contributed by atoms with Crippen molar-refractivity contribution in [2.75, 3.05) is 30.8 Å². The fraction of sp³-hybridized carbons (Fsp3) is 0.615. The molecule has 0 amide bonds. The number of esters is 1. The van der Waals surface area contributed by atoms with Gasteiger partial charge in [0.05, 0.1) is 17.9 Å². The molecule has 8 heteroatoms. The summed E-state index contributed by atoms with van der Waals surface area (Å²) in [5.74, 6) is -0.562. The van der Waals surface area contributed by atoms with Gasteiger partial charge in [0, 0.05) is 18.6 Å². The Hall–Kier alpha value is -1.12. The average molecular weight is 335 g/mol. The van der Waals surface area contributed by atoms with Gasteiger partial charge in [-0.2, -0.15) is 0 Å². The molecular weight excluding hydrogens is 314 g/mol. The van der Waals surface area contributed by atoms with Gasteiger partial charge in [0.15, 0.2) is 0 Å². The van der Waals surface area contributed by atoms with Gasteiger partial charge in [-0.3, -0.25) is 4.72 Å². The number of carbonyl (C=O) groups excluding carboxylic acids is 1. The van der Waals surface area contributed by atoms with E-state index in [0.29, 0.717) is 23.6 Å². The Balaban J connectivity index is 2.98. The molecule has 0 atom stereocenters. The number of thiophene rings is 1. The van der Waals surface area contributed by atoms with Gasteiger partial charge in [-0.1, -0.05) is 0 Å². The Morgan fingerprint density at radius 3 is 2.57 bits per heavy atom. The molecule has 0 saturated carbocycles. The summed E-state index contributed by atoms with van der Waals surface area (Å²) in [6, 6.07) is 0. The highest BCUT2D eigenvalue weighted by Crippen LogP contribution is 2.33. The van der Waals surface area contributed by atoms with Crippen LogP contribution in [-0.2, 0) is 19.5 Å². The fourth-order valence-corrected chi connectivity index (χ4v) is 4.17. The number of anilines is 1. The Labute approximate surface area is 129 Å². The second-order valence-electron chi connectivity index (χ2n) is 4.48. The van der Waals surface area contributed by atoms with Gasteiger partial charge in [-0.25, -0.2) is 13.2 Å². The second kappa shape index (κ2) is 7.77. The Bertz CT molecular complexity index is 592. The van der Waals surface area contributed by atoms with Crippen LogP contribution in [0.3, 0.4) is 0 Å². The van der Waals surface area contributed by atoms with E-state index in [2.05, 4.69) is 4.72 Å². The third-order valence-corrected chi connectivity index (χ3v) is 5.47. The zero-order chi connectivity index (χ0) is 16.0. The van der Waals surface area contributed by atoms with E-state index in [0.717, 1.165) is 10.4 Å². The average Bonchev–Trinajstić information content (AvgIpc) is 2.64. The molecule has 0 aromatic carbocycles. The zero-order valence-electron chi connectivity index (χ0n) is 12.7. The van der Waals surface area contributed by atoms with Gasteiger partial charge < -0.3 is 9.47 Å². The molecule has 1 N–H and O–H groups in total. The van der Waals surface area contributed by atoms with Crippen LogP contribution in [0.5, 0.6) is 0 Å². The molecule has 0 bridgehead atoms. The molecular formula is C13H21NO5S2. The Kier molecular flexibility index (Phi) is 6.63. The summed E-state index contributed by atoms with van der Waals surface area (Å²) >= 11 is 1.24. The maximum atomic E-state index is 12.0. The molecule has 0 aliphatic heterocycles. The van der Waals surface area contributed by atoms with Crippen LogP contribution >= 0.6 is 11.3 Å².